The summed E-state index contributed by atoms with van der Waals surface area (Å²) in [6, 6.07) is 26.7. The van der Waals surface area contributed by atoms with E-state index in [2.05, 4.69) is 49.0 Å². The van der Waals surface area contributed by atoms with E-state index in [-0.39, 0.29) is 111 Å². The number of benzene rings is 2. The van der Waals surface area contributed by atoms with Crippen molar-refractivity contribution in [2.24, 2.45) is 0 Å². The van der Waals surface area contributed by atoms with Crippen LogP contribution in [0.3, 0.4) is 0 Å². The molecular formula is C23H22BBrK2N2O5. The van der Waals surface area contributed by atoms with Gasteiger partial charge in [-0.3, -0.25) is 14.8 Å². The van der Waals surface area contributed by atoms with E-state index in [1.165, 1.54) is 5.56 Å². The van der Waals surface area contributed by atoms with Crippen molar-refractivity contribution in [3.63, 3.8) is 0 Å². The minimum atomic E-state index is -1.34. The molecule has 0 atom stereocenters. The Bertz CT molecular complexity index is 947. The first-order valence-corrected chi connectivity index (χ1v) is 10.0. The zero-order valence-corrected chi connectivity index (χ0v) is 26.8. The molecule has 0 fully saturated rings. The maximum Gasteiger partial charge on any atom is 1.00 e. The SMILES string of the molecule is Brc1cccnc1.O=CO[O-].OB(O)c1ccccc1.[H-].[K+].[K+].c1ccc(-c2cccnc2)cc1. The molecule has 0 aliphatic heterocycles. The van der Waals surface area contributed by atoms with Crippen LogP contribution in [0.1, 0.15) is 1.43 Å². The van der Waals surface area contributed by atoms with E-state index in [4.69, 9.17) is 20.1 Å². The normalized spacial score (nSPS) is 8.24. The smallest absolute Gasteiger partial charge is 1.00 e. The van der Waals surface area contributed by atoms with E-state index >= 15 is 0 Å². The van der Waals surface area contributed by atoms with Crippen LogP contribution in [-0.2, 0) is 9.68 Å². The molecule has 0 amide bonds. The predicted molar refractivity (Wildman–Crippen MR) is 126 cm³/mol. The average Bonchev–Trinajstić information content (AvgIpc) is 2.87. The van der Waals surface area contributed by atoms with Gasteiger partial charge in [0, 0.05) is 29.3 Å². The number of hydrogen-bond donors (Lipinski definition) is 2. The molecule has 0 unspecified atom stereocenters. The molecule has 4 aromatic rings. The van der Waals surface area contributed by atoms with Crippen LogP contribution in [-0.4, -0.2) is 33.6 Å². The number of pyridine rings is 2. The first-order chi connectivity index (χ1) is 15.6. The van der Waals surface area contributed by atoms with Crippen molar-refractivity contribution in [3.8, 4) is 11.1 Å². The van der Waals surface area contributed by atoms with Crippen LogP contribution in [0.25, 0.3) is 11.1 Å². The minimum absolute atomic E-state index is 0. The Morgan fingerprint density at radius 3 is 1.59 bits per heavy atom. The van der Waals surface area contributed by atoms with Gasteiger partial charge >= 0.3 is 110 Å². The Morgan fingerprint density at radius 1 is 0.794 bits per heavy atom. The maximum absolute atomic E-state index is 8.64. The summed E-state index contributed by atoms with van der Waals surface area (Å²) >= 11 is 3.25. The van der Waals surface area contributed by atoms with Gasteiger partial charge in [0.05, 0.1) is 0 Å². The van der Waals surface area contributed by atoms with Gasteiger partial charge in [0.2, 0.25) is 0 Å². The van der Waals surface area contributed by atoms with Crippen LogP contribution < -0.4 is 113 Å². The minimum Gasteiger partial charge on any atom is -1.00 e. The molecule has 7 nitrogen and oxygen atoms in total. The van der Waals surface area contributed by atoms with Crippen molar-refractivity contribution in [1.29, 1.82) is 0 Å². The van der Waals surface area contributed by atoms with E-state index in [1.807, 2.05) is 48.7 Å². The molecule has 2 heterocycles. The molecule has 0 bridgehead atoms. The standard InChI is InChI=1S/C11H9N.C6H7BO2.C5H4BrN.CH2O3.2K.H/c1-2-5-10(6-3-1)11-7-4-8-12-9-11;8-7(9)6-4-2-1-3-5-6;6-5-2-1-3-7-4-5;2-1-4-3;;;/h1-9H;1-5,8-9H;1-4H;1,3H;;;/q;;;;2*+1;-1/p-1. The monoisotopic (exact) mass is 574 g/mol. The van der Waals surface area contributed by atoms with Gasteiger partial charge in [0.15, 0.2) is 0 Å². The number of aromatic nitrogens is 2. The fourth-order valence-corrected chi connectivity index (χ4v) is 2.40. The number of halogens is 1. The van der Waals surface area contributed by atoms with Gasteiger partial charge in [-0.25, -0.2) is 0 Å². The van der Waals surface area contributed by atoms with Crippen LogP contribution in [0.5, 0.6) is 0 Å². The number of hydrogen-bond acceptors (Lipinski definition) is 7. The summed E-state index contributed by atoms with van der Waals surface area (Å²) in [5.74, 6) is 0. The Balaban J connectivity index is -0.000000403. The molecule has 0 saturated heterocycles. The number of rotatable bonds is 3. The van der Waals surface area contributed by atoms with Crippen LogP contribution in [0.15, 0.2) is 114 Å². The summed E-state index contributed by atoms with van der Waals surface area (Å²) in [4.78, 5) is 19.1. The van der Waals surface area contributed by atoms with Gasteiger partial charge in [0.1, 0.15) is 0 Å². The van der Waals surface area contributed by atoms with Crippen LogP contribution in [0.2, 0.25) is 0 Å². The third-order valence-corrected chi connectivity index (χ3v) is 4.00. The Labute approximate surface area is 294 Å². The Morgan fingerprint density at radius 2 is 1.26 bits per heavy atom. The van der Waals surface area contributed by atoms with Crippen molar-refractivity contribution in [1.82, 2.24) is 9.97 Å². The summed E-state index contributed by atoms with van der Waals surface area (Å²) in [5.41, 5.74) is 2.90. The molecule has 0 aliphatic rings. The summed E-state index contributed by atoms with van der Waals surface area (Å²) in [7, 11) is -1.34. The van der Waals surface area contributed by atoms with Gasteiger partial charge < -0.3 is 21.6 Å². The average molecular weight is 575 g/mol. The van der Waals surface area contributed by atoms with Crippen molar-refractivity contribution in [3.05, 3.63) is 114 Å². The second-order valence-electron chi connectivity index (χ2n) is 5.76. The topological polar surface area (TPSA) is 116 Å². The van der Waals surface area contributed by atoms with E-state index in [0.29, 0.717) is 5.46 Å². The summed E-state index contributed by atoms with van der Waals surface area (Å²) in [5, 5.41) is 25.6. The predicted octanol–water partition coefficient (Wildman–Crippen LogP) is -3.49. The molecular weight excluding hydrogens is 553 g/mol. The second-order valence-corrected chi connectivity index (χ2v) is 6.67. The third kappa shape index (κ3) is 18.2. The molecule has 2 N–H and O–H groups in total. The number of carbonyl (C=O) groups is 1. The van der Waals surface area contributed by atoms with Crippen LogP contribution in [0.4, 0.5) is 0 Å². The molecule has 4 rings (SSSR count). The van der Waals surface area contributed by atoms with Crippen molar-refractivity contribution < 1.29 is 129 Å². The van der Waals surface area contributed by atoms with Crippen LogP contribution >= 0.6 is 15.9 Å². The molecule has 0 radical (unpaired) electrons. The Hall–Kier alpha value is -0.0923. The van der Waals surface area contributed by atoms with E-state index < -0.39 is 7.12 Å². The molecule has 2 aromatic heterocycles. The summed E-state index contributed by atoms with van der Waals surface area (Å²) in [6.45, 7) is -0.181. The summed E-state index contributed by atoms with van der Waals surface area (Å²) < 4.78 is 1.02. The van der Waals surface area contributed by atoms with Gasteiger partial charge in [-0.1, -0.05) is 66.7 Å². The van der Waals surface area contributed by atoms with Crippen molar-refractivity contribution >= 4 is 35.0 Å². The van der Waals surface area contributed by atoms with Crippen LogP contribution in [0, 0.1) is 0 Å². The van der Waals surface area contributed by atoms with Crippen molar-refractivity contribution in [2.75, 3.05) is 0 Å². The van der Waals surface area contributed by atoms with Gasteiger partial charge in [0.25, 0.3) is 6.47 Å². The molecule has 11 heteroatoms. The van der Waals surface area contributed by atoms with Crippen molar-refractivity contribution in [2.45, 2.75) is 0 Å². The molecule has 0 aliphatic carbocycles. The Kier molecular flexibility index (Phi) is 26.1. The quantitative estimate of drug-likeness (QED) is 0.113. The molecule has 0 saturated carbocycles. The summed E-state index contributed by atoms with van der Waals surface area (Å²) in [6.07, 6.45) is 7.15. The van der Waals surface area contributed by atoms with E-state index in [0.717, 1.165) is 10.0 Å². The third-order valence-electron chi connectivity index (χ3n) is 3.53. The van der Waals surface area contributed by atoms with Gasteiger partial charge in [-0.05, 0) is 50.7 Å². The molecule has 0 spiro atoms. The van der Waals surface area contributed by atoms with E-state index in [1.54, 1.807) is 42.9 Å². The number of nitrogens with zero attached hydrogens (tertiary/aromatic N) is 2. The van der Waals surface area contributed by atoms with Gasteiger partial charge in [-0.2, -0.15) is 0 Å². The van der Waals surface area contributed by atoms with E-state index in [9.17, 15) is 0 Å². The molecule has 2 aromatic carbocycles. The zero-order chi connectivity index (χ0) is 23.4. The number of carbonyl (C=O) groups excluding carboxylic acids is 1. The molecule has 34 heavy (non-hydrogen) atoms. The first-order valence-electron chi connectivity index (χ1n) is 9.22. The first kappa shape index (κ1) is 36.1. The zero-order valence-electron chi connectivity index (χ0n) is 19.9. The second kappa shape index (κ2) is 24.6. The fraction of sp³-hybridized carbons (Fsp3) is 0. The van der Waals surface area contributed by atoms with Gasteiger partial charge in [-0.15, -0.1) is 0 Å². The fourth-order valence-electron chi connectivity index (χ4n) is 2.13. The largest absolute Gasteiger partial charge is 1.00 e. The maximum atomic E-state index is 8.64. The molecule has 166 valence electrons.